The highest BCUT2D eigenvalue weighted by molar-refractivity contribution is 6.61. The van der Waals surface area contributed by atoms with Gasteiger partial charge in [-0.3, -0.25) is 0 Å². The fourth-order valence-corrected chi connectivity index (χ4v) is 13.0. The first-order valence-electron chi connectivity index (χ1n) is 16.4. The number of hydrogen-bond acceptors (Lipinski definition) is 8. The zero-order valence-corrected chi connectivity index (χ0v) is 28.8. The van der Waals surface area contributed by atoms with Gasteiger partial charge in [-0.2, -0.15) is 0 Å². The summed E-state index contributed by atoms with van der Waals surface area (Å²) in [7, 11) is -4.98. The fraction of sp³-hybridized carbons (Fsp3) is 1.00. The van der Waals surface area contributed by atoms with Crippen LogP contribution in [0.3, 0.4) is 0 Å². The lowest BCUT2D eigenvalue weighted by molar-refractivity contribution is 0.0630. The van der Waals surface area contributed by atoms with E-state index in [9.17, 15) is 0 Å². The highest BCUT2D eigenvalue weighted by Gasteiger charge is 2.50. The SMILES string of the molecule is CCO[Si](CC(C)C1CCC2OC2C1)(OCC)OCC.CCO[Si](CC(C)C1CCC2OC2C1)(OCC)OCC. The van der Waals surface area contributed by atoms with Gasteiger partial charge in [0.2, 0.25) is 0 Å². The van der Waals surface area contributed by atoms with E-state index in [-0.39, 0.29) is 0 Å². The smallest absolute Gasteiger partial charge is 0.374 e. The van der Waals surface area contributed by atoms with Gasteiger partial charge in [0.25, 0.3) is 0 Å². The Balaban J connectivity index is 0.000000220. The van der Waals surface area contributed by atoms with E-state index in [0.29, 0.717) is 75.9 Å². The Morgan fingerprint density at radius 3 is 1.05 bits per heavy atom. The summed E-state index contributed by atoms with van der Waals surface area (Å²) in [5.41, 5.74) is 0. The molecule has 8 nitrogen and oxygen atoms in total. The van der Waals surface area contributed by atoms with Crippen molar-refractivity contribution in [2.75, 3.05) is 39.6 Å². The number of hydrogen-bond donors (Lipinski definition) is 0. The van der Waals surface area contributed by atoms with Gasteiger partial charge < -0.3 is 36.0 Å². The van der Waals surface area contributed by atoms with Crippen LogP contribution in [-0.2, 0) is 36.0 Å². The third kappa shape index (κ3) is 10.1. The molecule has 0 bridgehead atoms. The lowest BCUT2D eigenvalue weighted by Gasteiger charge is -2.34. The summed E-state index contributed by atoms with van der Waals surface area (Å²) in [5, 5.41) is 0. The van der Waals surface area contributed by atoms with Gasteiger partial charge in [0.05, 0.1) is 24.4 Å². The van der Waals surface area contributed by atoms with Crippen LogP contribution in [0.5, 0.6) is 0 Å². The third-order valence-electron chi connectivity index (χ3n) is 9.03. The average Bonchev–Trinajstić information content (AvgIpc) is 3.84. The molecule has 2 saturated carbocycles. The minimum absolute atomic E-state index is 0.540. The van der Waals surface area contributed by atoms with Gasteiger partial charge in [0.1, 0.15) is 0 Å². The van der Waals surface area contributed by atoms with Crippen molar-refractivity contribution in [1.82, 2.24) is 0 Å². The average molecular weight is 605 g/mol. The Kier molecular flexibility index (Phi) is 14.6. The summed E-state index contributed by atoms with van der Waals surface area (Å²) >= 11 is 0. The van der Waals surface area contributed by atoms with E-state index >= 15 is 0 Å². The van der Waals surface area contributed by atoms with Crippen molar-refractivity contribution in [3.63, 3.8) is 0 Å². The fourth-order valence-electron chi connectivity index (χ4n) is 6.95. The molecular weight excluding hydrogens is 544 g/mol. The number of epoxide rings is 2. The van der Waals surface area contributed by atoms with E-state index in [0.717, 1.165) is 23.9 Å². The Hall–Kier alpha value is 0.114. The van der Waals surface area contributed by atoms with Crippen LogP contribution in [0.25, 0.3) is 0 Å². The van der Waals surface area contributed by atoms with Crippen molar-refractivity contribution in [3.05, 3.63) is 0 Å². The van der Waals surface area contributed by atoms with Crippen LogP contribution in [0.4, 0.5) is 0 Å². The minimum atomic E-state index is -2.49. The van der Waals surface area contributed by atoms with Crippen LogP contribution in [0.1, 0.15) is 93.9 Å². The summed E-state index contributed by atoms with van der Waals surface area (Å²) in [6.07, 6.45) is 9.66. The van der Waals surface area contributed by atoms with Crippen LogP contribution >= 0.6 is 0 Å². The molecule has 0 aromatic rings. The monoisotopic (exact) mass is 604 g/mol. The van der Waals surface area contributed by atoms with E-state index in [4.69, 9.17) is 36.0 Å². The zero-order chi connectivity index (χ0) is 29.2. The van der Waals surface area contributed by atoms with Gasteiger partial charge >= 0.3 is 17.6 Å². The molecule has 2 aliphatic heterocycles. The molecule has 0 N–H and O–H groups in total. The first kappa shape index (κ1) is 34.6. The molecule has 0 radical (unpaired) electrons. The van der Waals surface area contributed by atoms with Crippen LogP contribution in [0.15, 0.2) is 0 Å². The summed E-state index contributed by atoms with van der Waals surface area (Å²) in [4.78, 5) is 0. The molecule has 0 spiro atoms. The number of ether oxygens (including phenoxy) is 2. The molecule has 8 atom stereocenters. The van der Waals surface area contributed by atoms with Crippen LogP contribution in [-0.4, -0.2) is 81.7 Å². The summed E-state index contributed by atoms with van der Waals surface area (Å²) < 4.78 is 47.1. The van der Waals surface area contributed by atoms with Crippen molar-refractivity contribution < 1.29 is 36.0 Å². The second-order valence-electron chi connectivity index (χ2n) is 11.9. The summed E-state index contributed by atoms with van der Waals surface area (Å²) in [6.45, 7) is 20.8. The normalized spacial score (nSPS) is 30.9. The molecule has 4 fully saturated rings. The van der Waals surface area contributed by atoms with E-state index in [1.54, 1.807) is 0 Å². The summed E-state index contributed by atoms with van der Waals surface area (Å²) in [5.74, 6) is 2.62. The van der Waals surface area contributed by atoms with Crippen molar-refractivity contribution >= 4 is 17.6 Å². The second kappa shape index (κ2) is 16.8. The highest BCUT2D eigenvalue weighted by Crippen LogP contribution is 2.45. The lowest BCUT2D eigenvalue weighted by Crippen LogP contribution is -2.48. The first-order valence-corrected chi connectivity index (χ1v) is 20.3. The largest absolute Gasteiger partial charge is 0.501 e. The van der Waals surface area contributed by atoms with Gasteiger partial charge in [0.15, 0.2) is 0 Å². The Morgan fingerprint density at radius 1 is 0.500 bits per heavy atom. The predicted molar refractivity (Wildman–Crippen MR) is 161 cm³/mol. The maximum atomic E-state index is 5.97. The third-order valence-corrected chi connectivity index (χ3v) is 15.7. The molecule has 2 aliphatic carbocycles. The van der Waals surface area contributed by atoms with Crippen molar-refractivity contribution in [2.45, 2.75) is 130 Å². The molecule has 0 amide bonds. The Morgan fingerprint density at radius 2 is 0.800 bits per heavy atom. The maximum Gasteiger partial charge on any atom is 0.501 e. The molecular formula is C30H60O8Si2. The molecule has 2 heterocycles. The number of fused-ring (bicyclic) bond motifs is 2. The van der Waals surface area contributed by atoms with Crippen molar-refractivity contribution in [2.24, 2.45) is 23.7 Å². The van der Waals surface area contributed by atoms with Crippen LogP contribution in [0, 0.1) is 23.7 Å². The predicted octanol–water partition coefficient (Wildman–Crippen LogP) is 6.48. The second-order valence-corrected chi connectivity index (χ2v) is 17.2. The molecule has 40 heavy (non-hydrogen) atoms. The maximum absolute atomic E-state index is 5.97. The Labute approximate surface area is 247 Å². The van der Waals surface area contributed by atoms with Crippen molar-refractivity contribution in [1.29, 1.82) is 0 Å². The minimum Gasteiger partial charge on any atom is -0.374 e. The molecule has 2 saturated heterocycles. The molecule has 10 heteroatoms. The molecule has 4 rings (SSSR count). The van der Waals surface area contributed by atoms with Gasteiger partial charge in [-0.25, -0.2) is 0 Å². The van der Waals surface area contributed by atoms with E-state index in [2.05, 4.69) is 13.8 Å². The van der Waals surface area contributed by atoms with Gasteiger partial charge in [-0.1, -0.05) is 13.8 Å². The summed E-state index contributed by atoms with van der Waals surface area (Å²) in [6, 6.07) is 1.87. The van der Waals surface area contributed by atoms with Gasteiger partial charge in [0, 0.05) is 51.7 Å². The van der Waals surface area contributed by atoms with Crippen molar-refractivity contribution in [3.8, 4) is 0 Å². The topological polar surface area (TPSA) is 80.4 Å². The quantitative estimate of drug-likeness (QED) is 0.130. The van der Waals surface area contributed by atoms with Gasteiger partial charge in [-0.05, 0) is 104 Å². The molecule has 4 aliphatic rings. The van der Waals surface area contributed by atoms with Gasteiger partial charge in [-0.15, -0.1) is 0 Å². The van der Waals surface area contributed by atoms with Crippen LogP contribution in [0.2, 0.25) is 12.1 Å². The molecule has 236 valence electrons. The highest BCUT2D eigenvalue weighted by atomic mass is 28.4. The van der Waals surface area contributed by atoms with E-state index in [1.165, 1.54) is 38.5 Å². The van der Waals surface area contributed by atoms with E-state index < -0.39 is 17.6 Å². The molecule has 0 aromatic carbocycles. The zero-order valence-electron chi connectivity index (χ0n) is 26.8. The van der Waals surface area contributed by atoms with Crippen LogP contribution < -0.4 is 0 Å². The first-order chi connectivity index (χ1) is 19.3. The lowest BCUT2D eigenvalue weighted by atomic mass is 9.82. The molecule has 0 aromatic heterocycles. The molecule has 8 unspecified atom stereocenters. The number of rotatable bonds is 18. The van der Waals surface area contributed by atoms with E-state index in [1.807, 2.05) is 41.5 Å². The standard InChI is InChI=1S/2C15H30O4Si/c2*1-5-16-20(17-6-2,18-7-3)11-12(4)13-8-9-14-15(10-13)19-14/h2*12-15H,5-11H2,1-4H3. The Bertz CT molecular complexity index is 623.